The summed E-state index contributed by atoms with van der Waals surface area (Å²) in [5.74, 6) is -0.564. The van der Waals surface area contributed by atoms with Crippen molar-refractivity contribution in [3.05, 3.63) is 35.9 Å². The summed E-state index contributed by atoms with van der Waals surface area (Å²) in [6.45, 7) is 0. The molecule has 0 aliphatic heterocycles. The van der Waals surface area contributed by atoms with Crippen LogP contribution in [0.2, 0.25) is 0 Å². The van der Waals surface area contributed by atoms with E-state index in [0.717, 1.165) is 5.56 Å². The van der Waals surface area contributed by atoms with Crippen LogP contribution in [-0.4, -0.2) is 17.2 Å². The molecule has 0 aliphatic carbocycles. The van der Waals surface area contributed by atoms with Gasteiger partial charge in [0, 0.05) is 0 Å². The Morgan fingerprint density at radius 3 is 2.54 bits per heavy atom. The number of carbonyl (C=O) groups excluding carboxylic acids is 1. The Hall–Kier alpha value is -1.39. The maximum absolute atomic E-state index is 10.7. The number of amides is 1. The van der Waals surface area contributed by atoms with Crippen LogP contribution < -0.4 is 11.2 Å². The Morgan fingerprint density at radius 2 is 2.08 bits per heavy atom. The number of nitrogens with two attached hydrogens (primary N) is 1. The van der Waals surface area contributed by atoms with Crippen LogP contribution in [0.1, 0.15) is 5.56 Å². The monoisotopic (exact) mass is 180 g/mol. The van der Waals surface area contributed by atoms with Crippen LogP contribution in [0.5, 0.6) is 0 Å². The van der Waals surface area contributed by atoms with Gasteiger partial charge in [-0.1, -0.05) is 30.3 Å². The van der Waals surface area contributed by atoms with Gasteiger partial charge in [0.15, 0.2) is 0 Å². The van der Waals surface area contributed by atoms with E-state index in [2.05, 4.69) is 0 Å². The van der Waals surface area contributed by atoms with Gasteiger partial charge in [0.1, 0.15) is 6.04 Å². The molecule has 4 nitrogen and oxygen atoms in total. The fourth-order valence-corrected chi connectivity index (χ4v) is 1.06. The number of benzene rings is 1. The SMILES string of the molecule is NC(=O)[C@@H](Cc1ccccc1)NO. The van der Waals surface area contributed by atoms with Crippen LogP contribution >= 0.6 is 0 Å². The Kier molecular flexibility index (Phi) is 3.42. The summed E-state index contributed by atoms with van der Waals surface area (Å²) in [5.41, 5.74) is 7.86. The lowest BCUT2D eigenvalue weighted by molar-refractivity contribution is -0.122. The lowest BCUT2D eigenvalue weighted by Gasteiger charge is -2.10. The lowest BCUT2D eigenvalue weighted by atomic mass is 10.1. The van der Waals surface area contributed by atoms with E-state index >= 15 is 0 Å². The van der Waals surface area contributed by atoms with E-state index in [4.69, 9.17) is 10.9 Å². The molecule has 1 rings (SSSR count). The zero-order valence-corrected chi connectivity index (χ0v) is 7.10. The second kappa shape index (κ2) is 4.59. The van der Waals surface area contributed by atoms with Crippen molar-refractivity contribution in [3.63, 3.8) is 0 Å². The van der Waals surface area contributed by atoms with Gasteiger partial charge in [-0.25, -0.2) is 0 Å². The molecule has 1 atom stereocenters. The summed E-state index contributed by atoms with van der Waals surface area (Å²) in [5, 5.41) is 8.61. The predicted molar refractivity (Wildman–Crippen MR) is 48.1 cm³/mol. The first kappa shape index (κ1) is 9.70. The van der Waals surface area contributed by atoms with Crippen molar-refractivity contribution in [2.24, 2.45) is 5.73 Å². The van der Waals surface area contributed by atoms with E-state index in [1.807, 2.05) is 35.8 Å². The Bertz CT molecular complexity index is 274. The predicted octanol–water partition coefficient (Wildman–Crippen LogP) is 0.0618. The minimum absolute atomic E-state index is 0.396. The average molecular weight is 180 g/mol. The molecular formula is C9H12N2O2. The summed E-state index contributed by atoms with van der Waals surface area (Å²) in [7, 11) is 0. The molecule has 70 valence electrons. The van der Waals surface area contributed by atoms with Crippen molar-refractivity contribution < 1.29 is 10.0 Å². The normalized spacial score (nSPS) is 12.4. The maximum Gasteiger partial charge on any atom is 0.237 e. The van der Waals surface area contributed by atoms with Gasteiger partial charge in [0.05, 0.1) is 0 Å². The van der Waals surface area contributed by atoms with Gasteiger partial charge in [-0.15, -0.1) is 0 Å². The minimum atomic E-state index is -0.720. The largest absolute Gasteiger partial charge is 0.368 e. The molecule has 4 heteroatoms. The average Bonchev–Trinajstić information content (AvgIpc) is 2.15. The van der Waals surface area contributed by atoms with E-state index in [9.17, 15) is 4.79 Å². The van der Waals surface area contributed by atoms with Crippen molar-refractivity contribution in [1.29, 1.82) is 0 Å². The van der Waals surface area contributed by atoms with Crippen LogP contribution in [0.4, 0.5) is 0 Å². The number of carbonyl (C=O) groups is 1. The number of hydroxylamine groups is 1. The molecular weight excluding hydrogens is 168 g/mol. The molecule has 1 aromatic rings. The molecule has 0 aliphatic rings. The van der Waals surface area contributed by atoms with Gasteiger partial charge in [0.2, 0.25) is 5.91 Å². The standard InChI is InChI=1S/C9H12N2O2/c10-9(12)8(11-13)6-7-4-2-1-3-5-7/h1-5,8,11,13H,6H2,(H2,10,12)/t8-/m1/s1. The molecule has 0 fully saturated rings. The van der Waals surface area contributed by atoms with E-state index in [0.29, 0.717) is 6.42 Å². The van der Waals surface area contributed by atoms with Gasteiger partial charge >= 0.3 is 0 Å². The van der Waals surface area contributed by atoms with E-state index in [-0.39, 0.29) is 0 Å². The number of nitrogens with one attached hydrogen (secondary N) is 1. The Morgan fingerprint density at radius 1 is 1.46 bits per heavy atom. The number of hydrogen-bond donors (Lipinski definition) is 3. The van der Waals surface area contributed by atoms with Crippen LogP contribution in [0.3, 0.4) is 0 Å². The zero-order valence-electron chi connectivity index (χ0n) is 7.10. The van der Waals surface area contributed by atoms with Gasteiger partial charge in [-0.05, 0) is 12.0 Å². The fourth-order valence-electron chi connectivity index (χ4n) is 1.06. The molecule has 0 bridgehead atoms. The molecule has 4 N–H and O–H groups in total. The Labute approximate surface area is 76.3 Å². The summed E-state index contributed by atoms with van der Waals surface area (Å²) in [6, 6.07) is 8.63. The highest BCUT2D eigenvalue weighted by Gasteiger charge is 2.13. The molecule has 0 aromatic heterocycles. The van der Waals surface area contributed by atoms with E-state index in [1.165, 1.54) is 0 Å². The lowest BCUT2D eigenvalue weighted by Crippen LogP contribution is -2.41. The second-order valence-corrected chi connectivity index (χ2v) is 2.77. The van der Waals surface area contributed by atoms with E-state index < -0.39 is 11.9 Å². The third-order valence-corrected chi connectivity index (χ3v) is 1.78. The highest BCUT2D eigenvalue weighted by atomic mass is 16.5. The van der Waals surface area contributed by atoms with Crippen LogP contribution in [0.15, 0.2) is 30.3 Å². The topological polar surface area (TPSA) is 75.4 Å². The van der Waals surface area contributed by atoms with Gasteiger partial charge < -0.3 is 10.9 Å². The molecule has 0 saturated carbocycles. The second-order valence-electron chi connectivity index (χ2n) is 2.77. The molecule has 0 radical (unpaired) electrons. The number of rotatable bonds is 4. The van der Waals surface area contributed by atoms with Gasteiger partial charge in [-0.2, -0.15) is 5.48 Å². The van der Waals surface area contributed by atoms with Crippen molar-refractivity contribution in [1.82, 2.24) is 5.48 Å². The number of primary amides is 1. The molecule has 0 spiro atoms. The van der Waals surface area contributed by atoms with Crippen molar-refractivity contribution in [2.75, 3.05) is 0 Å². The molecule has 0 heterocycles. The first-order valence-electron chi connectivity index (χ1n) is 3.97. The van der Waals surface area contributed by atoms with Crippen molar-refractivity contribution >= 4 is 5.91 Å². The molecule has 1 amide bonds. The van der Waals surface area contributed by atoms with Crippen molar-refractivity contribution in [2.45, 2.75) is 12.5 Å². The minimum Gasteiger partial charge on any atom is -0.368 e. The summed E-state index contributed by atoms with van der Waals surface area (Å²) in [4.78, 5) is 10.7. The van der Waals surface area contributed by atoms with Crippen LogP contribution in [0, 0.1) is 0 Å². The quantitative estimate of drug-likeness (QED) is 0.573. The first-order valence-corrected chi connectivity index (χ1v) is 3.97. The summed E-state index contributed by atoms with van der Waals surface area (Å²) < 4.78 is 0. The van der Waals surface area contributed by atoms with Crippen molar-refractivity contribution in [3.8, 4) is 0 Å². The van der Waals surface area contributed by atoms with Crippen LogP contribution in [0.25, 0.3) is 0 Å². The van der Waals surface area contributed by atoms with Crippen LogP contribution in [-0.2, 0) is 11.2 Å². The molecule has 0 unspecified atom stereocenters. The van der Waals surface area contributed by atoms with Gasteiger partial charge in [0.25, 0.3) is 0 Å². The highest BCUT2D eigenvalue weighted by Crippen LogP contribution is 2.02. The smallest absolute Gasteiger partial charge is 0.237 e. The summed E-state index contributed by atoms with van der Waals surface area (Å²) >= 11 is 0. The highest BCUT2D eigenvalue weighted by molar-refractivity contribution is 5.79. The fraction of sp³-hybridized carbons (Fsp3) is 0.222. The first-order chi connectivity index (χ1) is 6.24. The van der Waals surface area contributed by atoms with Gasteiger partial charge in [-0.3, -0.25) is 4.79 Å². The molecule has 0 saturated heterocycles. The number of hydrogen-bond acceptors (Lipinski definition) is 3. The molecule has 1 aromatic carbocycles. The maximum atomic E-state index is 10.7. The third-order valence-electron chi connectivity index (χ3n) is 1.78. The summed E-state index contributed by atoms with van der Waals surface area (Å²) in [6.07, 6.45) is 0.396. The third kappa shape index (κ3) is 2.85. The van der Waals surface area contributed by atoms with E-state index in [1.54, 1.807) is 0 Å². The molecule has 13 heavy (non-hydrogen) atoms. The zero-order chi connectivity index (χ0) is 9.68. The Balaban J connectivity index is 2.62.